The molecule has 1 aromatic heterocycles. The first-order valence-corrected chi connectivity index (χ1v) is 9.98. The van der Waals surface area contributed by atoms with E-state index >= 15 is 0 Å². The largest absolute Gasteiger partial charge is 0.496 e. The van der Waals surface area contributed by atoms with Crippen molar-refractivity contribution in [2.24, 2.45) is 4.99 Å². The summed E-state index contributed by atoms with van der Waals surface area (Å²) in [6.45, 7) is 5.00. The molecular formula is C23H30IN5O. The topological polar surface area (TPSA) is 63.5 Å². The molecular weight excluding hydrogens is 489 g/mol. The van der Waals surface area contributed by atoms with E-state index in [4.69, 9.17) is 4.74 Å². The van der Waals surface area contributed by atoms with Gasteiger partial charge in [0.1, 0.15) is 5.75 Å². The number of nitrogens with one attached hydrogen (secondary N) is 2. The average molecular weight is 519 g/mol. The molecule has 0 saturated carbocycles. The van der Waals surface area contributed by atoms with Crippen LogP contribution in [0.2, 0.25) is 0 Å². The molecule has 0 spiro atoms. The molecule has 0 aliphatic rings. The predicted octanol–water partition coefficient (Wildman–Crippen LogP) is 3.86. The van der Waals surface area contributed by atoms with Gasteiger partial charge in [0.2, 0.25) is 0 Å². The van der Waals surface area contributed by atoms with Crippen LogP contribution in [0.3, 0.4) is 0 Å². The molecule has 1 heterocycles. The van der Waals surface area contributed by atoms with E-state index in [9.17, 15) is 0 Å². The van der Waals surface area contributed by atoms with Gasteiger partial charge in [0.25, 0.3) is 0 Å². The third-order valence-electron chi connectivity index (χ3n) is 4.52. The molecule has 0 saturated heterocycles. The van der Waals surface area contributed by atoms with Crippen LogP contribution in [0.15, 0.2) is 72.0 Å². The number of nitrogens with zero attached hydrogens (tertiary/aromatic N) is 3. The summed E-state index contributed by atoms with van der Waals surface area (Å²) in [4.78, 5) is 4.69. The summed E-state index contributed by atoms with van der Waals surface area (Å²) in [6.07, 6.45) is 4.79. The third-order valence-corrected chi connectivity index (χ3v) is 4.52. The zero-order valence-corrected chi connectivity index (χ0v) is 19.9. The predicted molar refractivity (Wildman–Crippen MR) is 133 cm³/mol. The van der Waals surface area contributed by atoms with Crippen LogP contribution >= 0.6 is 24.0 Å². The number of rotatable bonds is 9. The number of para-hydroxylation sites is 1. The fraction of sp³-hybridized carbons (Fsp3) is 0.304. The Morgan fingerprint density at radius 1 is 1.03 bits per heavy atom. The van der Waals surface area contributed by atoms with E-state index in [2.05, 4.69) is 52.0 Å². The van der Waals surface area contributed by atoms with Gasteiger partial charge < -0.3 is 15.4 Å². The summed E-state index contributed by atoms with van der Waals surface area (Å²) < 4.78 is 7.36. The van der Waals surface area contributed by atoms with E-state index in [-0.39, 0.29) is 24.0 Å². The fourth-order valence-electron chi connectivity index (χ4n) is 3.08. The molecule has 2 aromatic carbocycles. The van der Waals surface area contributed by atoms with E-state index in [1.165, 1.54) is 11.1 Å². The third kappa shape index (κ3) is 7.37. The standard InChI is InChI=1S/C23H29N5O.HI/c1-3-24-23(25-14-13-21-11-7-8-12-22(21)29-2)26-15-20-16-27-28(18-20)17-19-9-5-4-6-10-19;/h4-12,16,18H,3,13-15,17H2,1-2H3,(H2,24,25,26);1H. The van der Waals surface area contributed by atoms with Crippen molar-refractivity contribution in [3.8, 4) is 5.75 Å². The summed E-state index contributed by atoms with van der Waals surface area (Å²) in [5, 5.41) is 11.1. The van der Waals surface area contributed by atoms with Gasteiger partial charge in [-0.2, -0.15) is 5.10 Å². The molecule has 0 unspecified atom stereocenters. The Hall–Kier alpha value is -2.55. The van der Waals surface area contributed by atoms with Gasteiger partial charge >= 0.3 is 0 Å². The lowest BCUT2D eigenvalue weighted by Gasteiger charge is -2.12. The zero-order chi connectivity index (χ0) is 20.3. The van der Waals surface area contributed by atoms with Crippen molar-refractivity contribution in [3.05, 3.63) is 83.7 Å². The first-order valence-electron chi connectivity index (χ1n) is 9.98. The molecule has 0 amide bonds. The monoisotopic (exact) mass is 519 g/mol. The highest BCUT2D eigenvalue weighted by atomic mass is 127. The van der Waals surface area contributed by atoms with Crippen molar-refractivity contribution < 1.29 is 4.74 Å². The minimum absolute atomic E-state index is 0. The Labute approximate surface area is 195 Å². The first-order chi connectivity index (χ1) is 14.3. The van der Waals surface area contributed by atoms with Crippen LogP contribution in [0.4, 0.5) is 0 Å². The van der Waals surface area contributed by atoms with E-state index in [0.717, 1.165) is 43.3 Å². The van der Waals surface area contributed by atoms with Crippen LogP contribution < -0.4 is 15.4 Å². The van der Waals surface area contributed by atoms with Gasteiger partial charge in [-0.25, -0.2) is 4.99 Å². The number of benzene rings is 2. The molecule has 2 N–H and O–H groups in total. The van der Waals surface area contributed by atoms with Crippen molar-refractivity contribution in [1.82, 2.24) is 20.4 Å². The summed E-state index contributed by atoms with van der Waals surface area (Å²) >= 11 is 0. The summed E-state index contributed by atoms with van der Waals surface area (Å²) in [6, 6.07) is 18.4. The number of halogens is 1. The Kier molecular flexibility index (Phi) is 10.2. The molecule has 0 aliphatic heterocycles. The van der Waals surface area contributed by atoms with E-state index in [1.807, 2.05) is 47.3 Å². The number of ether oxygens (including phenoxy) is 1. The van der Waals surface area contributed by atoms with E-state index in [1.54, 1.807) is 7.11 Å². The zero-order valence-electron chi connectivity index (χ0n) is 17.5. The number of methoxy groups -OCH3 is 1. The lowest BCUT2D eigenvalue weighted by Crippen LogP contribution is -2.38. The lowest BCUT2D eigenvalue weighted by atomic mass is 10.1. The van der Waals surface area contributed by atoms with Gasteiger partial charge in [0.05, 0.1) is 26.4 Å². The second-order valence-corrected chi connectivity index (χ2v) is 6.72. The first kappa shape index (κ1) is 23.7. The van der Waals surface area contributed by atoms with Gasteiger partial charge in [-0.3, -0.25) is 4.68 Å². The lowest BCUT2D eigenvalue weighted by molar-refractivity contribution is 0.409. The highest BCUT2D eigenvalue weighted by Crippen LogP contribution is 2.17. The highest BCUT2D eigenvalue weighted by Gasteiger charge is 2.04. The second-order valence-electron chi connectivity index (χ2n) is 6.72. The van der Waals surface area contributed by atoms with E-state index in [0.29, 0.717) is 6.54 Å². The molecule has 6 nitrogen and oxygen atoms in total. The van der Waals surface area contributed by atoms with Crippen molar-refractivity contribution in [3.63, 3.8) is 0 Å². The molecule has 0 bridgehead atoms. The normalized spacial score (nSPS) is 10.9. The van der Waals surface area contributed by atoms with Crippen molar-refractivity contribution >= 4 is 29.9 Å². The molecule has 30 heavy (non-hydrogen) atoms. The molecule has 7 heteroatoms. The molecule has 160 valence electrons. The minimum Gasteiger partial charge on any atom is -0.496 e. The van der Waals surface area contributed by atoms with Gasteiger partial charge in [-0.05, 0) is 30.5 Å². The molecule has 0 fully saturated rings. The second kappa shape index (κ2) is 12.9. The maximum atomic E-state index is 5.42. The number of aliphatic imine (C=N–C) groups is 1. The minimum atomic E-state index is 0. The number of hydrogen-bond donors (Lipinski definition) is 2. The van der Waals surface area contributed by atoms with Gasteiger partial charge in [-0.1, -0.05) is 48.5 Å². The maximum Gasteiger partial charge on any atom is 0.191 e. The van der Waals surface area contributed by atoms with Gasteiger partial charge in [0, 0.05) is 24.8 Å². The van der Waals surface area contributed by atoms with Crippen molar-refractivity contribution in [2.75, 3.05) is 20.2 Å². The van der Waals surface area contributed by atoms with Crippen LogP contribution in [0, 0.1) is 0 Å². The highest BCUT2D eigenvalue weighted by molar-refractivity contribution is 14.0. The van der Waals surface area contributed by atoms with Crippen LogP contribution in [0.1, 0.15) is 23.6 Å². The van der Waals surface area contributed by atoms with Crippen LogP contribution in [0.25, 0.3) is 0 Å². The molecule has 0 atom stereocenters. The quantitative estimate of drug-likeness (QED) is 0.256. The summed E-state index contributed by atoms with van der Waals surface area (Å²) in [7, 11) is 1.70. The number of guanidine groups is 1. The number of aromatic nitrogens is 2. The number of hydrogen-bond acceptors (Lipinski definition) is 3. The SMILES string of the molecule is CCNC(=NCc1cnn(Cc2ccccc2)c1)NCCc1ccccc1OC.I. The van der Waals surface area contributed by atoms with Gasteiger partial charge in [0.15, 0.2) is 5.96 Å². The molecule has 0 radical (unpaired) electrons. The van der Waals surface area contributed by atoms with Crippen LogP contribution in [-0.4, -0.2) is 35.9 Å². The average Bonchev–Trinajstić information content (AvgIpc) is 3.20. The Balaban J connectivity index is 0.00000320. The van der Waals surface area contributed by atoms with Gasteiger partial charge in [-0.15, -0.1) is 24.0 Å². The summed E-state index contributed by atoms with van der Waals surface area (Å²) in [5.74, 6) is 1.72. The van der Waals surface area contributed by atoms with Crippen LogP contribution in [-0.2, 0) is 19.5 Å². The Morgan fingerprint density at radius 3 is 2.57 bits per heavy atom. The van der Waals surface area contributed by atoms with E-state index < -0.39 is 0 Å². The smallest absolute Gasteiger partial charge is 0.191 e. The van der Waals surface area contributed by atoms with Crippen LogP contribution in [0.5, 0.6) is 5.75 Å². The summed E-state index contributed by atoms with van der Waals surface area (Å²) in [5.41, 5.74) is 3.50. The van der Waals surface area contributed by atoms with Crippen molar-refractivity contribution in [1.29, 1.82) is 0 Å². The molecule has 0 aliphatic carbocycles. The molecule has 3 aromatic rings. The Bertz CT molecular complexity index is 911. The Morgan fingerprint density at radius 2 is 1.80 bits per heavy atom. The van der Waals surface area contributed by atoms with Crippen molar-refractivity contribution in [2.45, 2.75) is 26.4 Å². The maximum absolute atomic E-state index is 5.42. The molecule has 3 rings (SSSR count). The fourth-order valence-corrected chi connectivity index (χ4v) is 3.08.